The molecule has 2 amide bonds. The number of carbonyl (C=O) groups is 3. The van der Waals surface area contributed by atoms with Crippen LogP contribution in [0.25, 0.3) is 0 Å². The van der Waals surface area contributed by atoms with Crippen molar-refractivity contribution in [2.24, 2.45) is 23.5 Å². The molecule has 0 saturated heterocycles. The number of esters is 1. The highest BCUT2D eigenvalue weighted by atomic mass is 16.6. The van der Waals surface area contributed by atoms with E-state index in [0.717, 1.165) is 38.5 Å². The second-order valence-corrected chi connectivity index (χ2v) is 7.70. The molecule has 2 aliphatic carbocycles. The quantitative estimate of drug-likeness (QED) is 0.748. The molecule has 2 rings (SSSR count). The third kappa shape index (κ3) is 4.71. The van der Waals surface area contributed by atoms with Crippen molar-refractivity contribution in [3.8, 4) is 0 Å². The number of hydrogen-bond acceptors (Lipinski definition) is 4. The smallest absolute Gasteiger partial charge is 0.309 e. The molecule has 0 radical (unpaired) electrons. The standard InChI is InChI=1S/C18H30N2O4/c1-12-3-5-14(6-4-12)16(22)24-18(9-7-13(2)8-10-18)17(23)20-11-15(19)21/h12-14H,3-11H2,1-2H3,(H2,19,21)(H,20,23). The van der Waals surface area contributed by atoms with Gasteiger partial charge in [-0.1, -0.05) is 13.8 Å². The maximum absolute atomic E-state index is 12.6. The SMILES string of the molecule is CC1CCC(C(=O)OC2(C(=O)NCC(N)=O)CCC(C)CC2)CC1. The van der Waals surface area contributed by atoms with Gasteiger partial charge >= 0.3 is 5.97 Å². The minimum atomic E-state index is -1.14. The molecule has 0 unspecified atom stereocenters. The zero-order valence-corrected chi connectivity index (χ0v) is 14.8. The third-order valence-electron chi connectivity index (χ3n) is 5.56. The molecule has 0 spiro atoms. The van der Waals surface area contributed by atoms with E-state index in [0.29, 0.717) is 24.7 Å². The van der Waals surface area contributed by atoms with Crippen LogP contribution in [-0.4, -0.2) is 29.9 Å². The predicted molar refractivity (Wildman–Crippen MR) is 89.8 cm³/mol. The van der Waals surface area contributed by atoms with E-state index in [9.17, 15) is 14.4 Å². The second kappa shape index (κ2) is 7.99. The fourth-order valence-corrected chi connectivity index (χ4v) is 3.70. The Morgan fingerprint density at radius 3 is 2.08 bits per heavy atom. The minimum Gasteiger partial charge on any atom is -0.449 e. The molecule has 0 aromatic carbocycles. The normalized spacial score (nSPS) is 33.5. The molecule has 0 aliphatic heterocycles. The summed E-state index contributed by atoms with van der Waals surface area (Å²) in [6.45, 7) is 4.10. The molecule has 0 heterocycles. The molecular weight excluding hydrogens is 308 g/mol. The van der Waals surface area contributed by atoms with Crippen molar-refractivity contribution in [1.29, 1.82) is 0 Å². The summed E-state index contributed by atoms with van der Waals surface area (Å²) in [6, 6.07) is 0. The van der Waals surface area contributed by atoms with Gasteiger partial charge in [-0.15, -0.1) is 0 Å². The molecular formula is C18H30N2O4. The van der Waals surface area contributed by atoms with E-state index in [1.165, 1.54) is 0 Å². The Morgan fingerprint density at radius 1 is 1.00 bits per heavy atom. The summed E-state index contributed by atoms with van der Waals surface area (Å²) < 4.78 is 5.79. The molecule has 2 saturated carbocycles. The van der Waals surface area contributed by atoms with Crippen LogP contribution >= 0.6 is 0 Å². The topological polar surface area (TPSA) is 98.5 Å². The fraction of sp³-hybridized carbons (Fsp3) is 0.833. The van der Waals surface area contributed by atoms with E-state index < -0.39 is 11.5 Å². The lowest BCUT2D eigenvalue weighted by atomic mass is 9.78. The number of hydrogen-bond donors (Lipinski definition) is 2. The highest BCUT2D eigenvalue weighted by Gasteiger charge is 2.45. The summed E-state index contributed by atoms with van der Waals surface area (Å²) in [7, 11) is 0. The van der Waals surface area contributed by atoms with Gasteiger partial charge in [0.2, 0.25) is 5.91 Å². The highest BCUT2D eigenvalue weighted by Crippen LogP contribution is 2.37. The molecule has 0 aromatic heterocycles. The van der Waals surface area contributed by atoms with E-state index in [4.69, 9.17) is 10.5 Å². The number of carbonyl (C=O) groups excluding carboxylic acids is 3. The van der Waals surface area contributed by atoms with Crippen LogP contribution < -0.4 is 11.1 Å². The Hall–Kier alpha value is -1.59. The first-order chi connectivity index (χ1) is 11.3. The van der Waals surface area contributed by atoms with Gasteiger partial charge < -0.3 is 15.8 Å². The lowest BCUT2D eigenvalue weighted by Gasteiger charge is -2.38. The Bertz CT molecular complexity index is 475. The van der Waals surface area contributed by atoms with Gasteiger partial charge in [0.1, 0.15) is 0 Å². The van der Waals surface area contributed by atoms with E-state index in [2.05, 4.69) is 19.2 Å². The van der Waals surface area contributed by atoms with Crippen LogP contribution in [0.1, 0.15) is 65.2 Å². The average Bonchev–Trinajstić information content (AvgIpc) is 2.55. The first-order valence-electron chi connectivity index (χ1n) is 9.12. The van der Waals surface area contributed by atoms with Crippen LogP contribution in [0.4, 0.5) is 0 Å². The van der Waals surface area contributed by atoms with Crippen molar-refractivity contribution in [2.75, 3.05) is 6.54 Å². The number of ether oxygens (including phenoxy) is 1. The minimum absolute atomic E-state index is 0.110. The van der Waals surface area contributed by atoms with Crippen molar-refractivity contribution in [3.05, 3.63) is 0 Å². The molecule has 2 fully saturated rings. The summed E-state index contributed by atoms with van der Waals surface area (Å²) >= 11 is 0. The summed E-state index contributed by atoms with van der Waals surface area (Å²) in [5, 5.41) is 2.53. The van der Waals surface area contributed by atoms with Gasteiger partial charge in [-0.2, -0.15) is 0 Å². The number of rotatable bonds is 5. The molecule has 3 N–H and O–H groups in total. The Balaban J connectivity index is 2.04. The van der Waals surface area contributed by atoms with Gasteiger partial charge in [0, 0.05) is 0 Å². The third-order valence-corrected chi connectivity index (χ3v) is 5.56. The second-order valence-electron chi connectivity index (χ2n) is 7.70. The number of primary amides is 1. The molecule has 0 aromatic rings. The van der Waals surface area contributed by atoms with Crippen LogP contribution in [0.5, 0.6) is 0 Å². The van der Waals surface area contributed by atoms with E-state index >= 15 is 0 Å². The van der Waals surface area contributed by atoms with Crippen LogP contribution in [0.3, 0.4) is 0 Å². The summed E-state index contributed by atoms with van der Waals surface area (Å²) in [5.74, 6) is -0.193. The first-order valence-corrected chi connectivity index (χ1v) is 9.12. The predicted octanol–water partition coefficient (Wildman–Crippen LogP) is 1.91. The van der Waals surface area contributed by atoms with Gasteiger partial charge in [-0.05, 0) is 63.2 Å². The van der Waals surface area contributed by atoms with Gasteiger partial charge in [0.25, 0.3) is 5.91 Å². The van der Waals surface area contributed by atoms with Gasteiger partial charge in [0.15, 0.2) is 5.60 Å². The molecule has 6 nitrogen and oxygen atoms in total. The molecule has 24 heavy (non-hydrogen) atoms. The summed E-state index contributed by atoms with van der Waals surface area (Å²) in [5.41, 5.74) is 3.97. The van der Waals surface area contributed by atoms with Crippen LogP contribution in [0.2, 0.25) is 0 Å². The van der Waals surface area contributed by atoms with Gasteiger partial charge in [-0.3, -0.25) is 14.4 Å². The van der Waals surface area contributed by atoms with Crippen molar-refractivity contribution < 1.29 is 19.1 Å². The number of nitrogens with one attached hydrogen (secondary N) is 1. The highest BCUT2D eigenvalue weighted by molar-refractivity contribution is 5.91. The molecule has 136 valence electrons. The maximum atomic E-state index is 12.6. The maximum Gasteiger partial charge on any atom is 0.309 e. The average molecular weight is 338 g/mol. The first kappa shape index (κ1) is 18.7. The lowest BCUT2D eigenvalue weighted by Crippen LogP contribution is -2.54. The zero-order valence-electron chi connectivity index (χ0n) is 14.8. The Kier molecular flexibility index (Phi) is 6.24. The molecule has 0 atom stereocenters. The van der Waals surface area contributed by atoms with Gasteiger partial charge in [0.05, 0.1) is 12.5 Å². The van der Waals surface area contributed by atoms with Gasteiger partial charge in [-0.25, -0.2) is 0 Å². The van der Waals surface area contributed by atoms with E-state index in [1.54, 1.807) is 0 Å². The van der Waals surface area contributed by atoms with Crippen LogP contribution in [0, 0.1) is 17.8 Å². The zero-order chi connectivity index (χ0) is 17.7. The Labute approximate surface area is 143 Å². The molecule has 2 aliphatic rings. The van der Waals surface area contributed by atoms with Crippen molar-refractivity contribution in [1.82, 2.24) is 5.32 Å². The van der Waals surface area contributed by atoms with Crippen LogP contribution in [0.15, 0.2) is 0 Å². The molecule has 6 heteroatoms. The van der Waals surface area contributed by atoms with E-state index in [-0.39, 0.29) is 24.3 Å². The van der Waals surface area contributed by atoms with E-state index in [1.807, 2.05) is 0 Å². The number of nitrogens with two attached hydrogens (primary N) is 1. The van der Waals surface area contributed by atoms with Crippen molar-refractivity contribution in [3.63, 3.8) is 0 Å². The molecule has 0 bridgehead atoms. The monoisotopic (exact) mass is 338 g/mol. The van der Waals surface area contributed by atoms with Crippen molar-refractivity contribution in [2.45, 2.75) is 70.8 Å². The van der Waals surface area contributed by atoms with Crippen molar-refractivity contribution >= 4 is 17.8 Å². The summed E-state index contributed by atoms with van der Waals surface area (Å²) in [4.78, 5) is 36.2. The van der Waals surface area contributed by atoms with Crippen LogP contribution in [-0.2, 0) is 19.1 Å². The summed E-state index contributed by atoms with van der Waals surface area (Å²) in [6.07, 6.45) is 6.39. The lowest BCUT2D eigenvalue weighted by molar-refractivity contribution is -0.178. The largest absolute Gasteiger partial charge is 0.449 e. The fourth-order valence-electron chi connectivity index (χ4n) is 3.70. The number of amides is 2. The Morgan fingerprint density at radius 2 is 1.54 bits per heavy atom.